The number of carbonyl (C=O) groups excluding carboxylic acids is 6. The summed E-state index contributed by atoms with van der Waals surface area (Å²) in [5, 5.41) is 32.1. The third-order valence-electron chi connectivity index (χ3n) is 8.73. The first-order valence-corrected chi connectivity index (χ1v) is 18.5. The minimum absolute atomic E-state index is 0.0218. The largest absolute Gasteiger partial charge is 0.508 e. The Kier molecular flexibility index (Phi) is 15.5. The SMILES string of the molecule is CC(=O)N[C@@H](Cc1cnc[nH]1)C(=O)N[C@@H](CS)C(=O)N[C@@H](Cc1ccc(O)cc1)C(=O)N1CCC[C@H]1C(=O)N[C@@H](Cc1cnc[nH]1)C(=O)N[C@@H](CS)C(=O)O. The Morgan fingerprint density at radius 1 is 0.764 bits per heavy atom. The number of aromatic hydroxyl groups is 1. The second-order valence-corrected chi connectivity index (χ2v) is 13.6. The van der Waals surface area contributed by atoms with Crippen molar-refractivity contribution in [3.8, 4) is 5.75 Å². The molecule has 296 valence electrons. The molecule has 0 unspecified atom stereocenters. The van der Waals surface area contributed by atoms with Gasteiger partial charge >= 0.3 is 5.97 Å². The van der Waals surface area contributed by atoms with Gasteiger partial charge in [-0.2, -0.15) is 25.3 Å². The zero-order valence-electron chi connectivity index (χ0n) is 29.7. The number of aliphatic carboxylic acids is 1. The molecule has 1 aliphatic rings. The van der Waals surface area contributed by atoms with Crippen LogP contribution in [-0.2, 0) is 52.8 Å². The highest BCUT2D eigenvalue weighted by atomic mass is 32.1. The van der Waals surface area contributed by atoms with Crippen molar-refractivity contribution in [3.05, 3.63) is 66.3 Å². The number of likely N-dealkylation sites (tertiary alicyclic amines) is 1. The van der Waals surface area contributed by atoms with Crippen LogP contribution in [0.15, 0.2) is 49.3 Å². The summed E-state index contributed by atoms with van der Waals surface area (Å²) in [4.78, 5) is 107. The van der Waals surface area contributed by atoms with E-state index in [-0.39, 0.29) is 49.5 Å². The summed E-state index contributed by atoms with van der Waals surface area (Å²) in [7, 11) is 0. The monoisotopic (exact) mass is 800 g/mol. The summed E-state index contributed by atoms with van der Waals surface area (Å²) >= 11 is 8.25. The third-order valence-corrected chi connectivity index (χ3v) is 9.46. The molecule has 2 aromatic heterocycles. The van der Waals surface area contributed by atoms with Gasteiger partial charge in [0.15, 0.2) is 0 Å². The number of phenolic OH excluding ortho intramolecular Hbond substituents is 1. The summed E-state index contributed by atoms with van der Waals surface area (Å²) in [6, 6.07) is -1.29. The van der Waals surface area contributed by atoms with E-state index in [0.717, 1.165) is 0 Å². The fraction of sp³-hybridized carbons (Fsp3) is 0.441. The van der Waals surface area contributed by atoms with Crippen molar-refractivity contribution >= 4 is 66.7 Å². The molecule has 6 amide bonds. The van der Waals surface area contributed by atoms with Gasteiger partial charge in [0.2, 0.25) is 35.4 Å². The van der Waals surface area contributed by atoms with Gasteiger partial charge in [-0.1, -0.05) is 12.1 Å². The van der Waals surface area contributed by atoms with E-state index < -0.39 is 77.7 Å². The number of nitrogens with zero attached hydrogens (tertiary/aromatic N) is 3. The number of hydrogen-bond acceptors (Lipinski definition) is 12. The highest BCUT2D eigenvalue weighted by Gasteiger charge is 2.40. The standard InChI is InChI=1S/C34H44N10O9S2/c1-18(45)39-23(10-20-12-35-16-37-20)29(47)42-26(14-54)31(49)41-25(9-19-4-6-22(46)7-5-19)33(51)44-8-2-3-28(44)32(50)40-24(11-21-13-36-17-38-21)30(48)43-27(15-55)34(52)53/h4-7,12-13,16-17,23-28,46,54-55H,2-3,8-11,14-15H2,1H3,(H,35,37)(H,36,38)(H,39,45)(H,40,50)(H,41,49)(H,42,47)(H,43,48)(H,52,53)/t23-,24-,25-,26-,27-,28-/m0/s1. The number of benzene rings is 1. The summed E-state index contributed by atoms with van der Waals surface area (Å²) in [5.41, 5.74) is 1.59. The lowest BCUT2D eigenvalue weighted by Gasteiger charge is -2.31. The molecule has 0 bridgehead atoms. The normalized spacial score (nSPS) is 16.5. The Labute approximate surface area is 326 Å². The van der Waals surface area contributed by atoms with Crippen LogP contribution in [0.2, 0.25) is 0 Å². The van der Waals surface area contributed by atoms with Crippen molar-refractivity contribution in [2.75, 3.05) is 18.1 Å². The molecule has 21 heteroatoms. The molecular formula is C34H44N10O9S2. The zero-order chi connectivity index (χ0) is 40.1. The van der Waals surface area contributed by atoms with E-state index in [0.29, 0.717) is 23.4 Å². The molecule has 6 atom stereocenters. The molecule has 0 spiro atoms. The molecule has 4 rings (SSSR count). The van der Waals surface area contributed by atoms with E-state index in [4.69, 9.17) is 0 Å². The minimum Gasteiger partial charge on any atom is -0.508 e. The van der Waals surface area contributed by atoms with E-state index in [1.807, 2.05) is 0 Å². The maximum absolute atomic E-state index is 14.3. The number of carbonyl (C=O) groups is 7. The molecule has 3 aromatic rings. The number of aromatic amines is 2. The fourth-order valence-electron chi connectivity index (χ4n) is 5.93. The smallest absolute Gasteiger partial charge is 0.327 e. The van der Waals surface area contributed by atoms with Gasteiger partial charge in [0, 0.05) is 68.0 Å². The number of H-pyrrole nitrogens is 2. The first-order valence-electron chi connectivity index (χ1n) is 17.3. The van der Waals surface area contributed by atoms with Crippen molar-refractivity contribution in [2.24, 2.45) is 0 Å². The molecule has 0 aliphatic carbocycles. The van der Waals surface area contributed by atoms with Gasteiger partial charge in [-0.3, -0.25) is 28.8 Å². The van der Waals surface area contributed by atoms with Crippen molar-refractivity contribution < 1.29 is 43.8 Å². The van der Waals surface area contributed by atoms with Crippen molar-refractivity contribution in [3.63, 3.8) is 0 Å². The van der Waals surface area contributed by atoms with Crippen LogP contribution in [-0.4, -0.2) is 131 Å². The summed E-state index contributed by atoms with van der Waals surface area (Å²) in [6.45, 7) is 1.38. The summed E-state index contributed by atoms with van der Waals surface area (Å²) < 4.78 is 0. The Bertz CT molecular complexity index is 1790. The Hall–Kier alpha value is -5.57. The molecule has 1 aromatic carbocycles. The number of aromatic nitrogens is 4. The van der Waals surface area contributed by atoms with Crippen LogP contribution >= 0.6 is 25.3 Å². The molecule has 1 aliphatic heterocycles. The van der Waals surface area contributed by atoms with Crippen molar-refractivity contribution in [1.82, 2.24) is 51.4 Å². The molecule has 19 nitrogen and oxygen atoms in total. The van der Waals surface area contributed by atoms with Gasteiger partial charge in [-0.15, -0.1) is 0 Å². The number of carboxylic acids is 1. The van der Waals surface area contributed by atoms with E-state index in [9.17, 15) is 43.8 Å². The Balaban J connectivity index is 1.53. The van der Waals surface area contributed by atoms with Crippen LogP contribution in [0.25, 0.3) is 0 Å². The topological polar surface area (TPSA) is 281 Å². The predicted octanol–water partition coefficient (Wildman–Crippen LogP) is -1.75. The number of carboxylic acid groups (broad SMARTS) is 1. The predicted molar refractivity (Wildman–Crippen MR) is 202 cm³/mol. The average molecular weight is 801 g/mol. The second-order valence-electron chi connectivity index (χ2n) is 12.8. The van der Waals surface area contributed by atoms with E-state index >= 15 is 0 Å². The molecule has 0 radical (unpaired) electrons. The summed E-state index contributed by atoms with van der Waals surface area (Å²) in [5.74, 6) is -5.76. The number of hydrogen-bond donors (Lipinski definition) is 11. The second kappa shape index (κ2) is 20.2. The number of phenols is 1. The van der Waals surface area contributed by atoms with Gasteiger partial charge in [-0.05, 0) is 30.5 Å². The third kappa shape index (κ3) is 12.2. The highest BCUT2D eigenvalue weighted by molar-refractivity contribution is 7.80. The molecule has 3 heterocycles. The lowest BCUT2D eigenvalue weighted by atomic mass is 10.0. The van der Waals surface area contributed by atoms with Gasteiger partial charge in [0.1, 0.15) is 42.0 Å². The Morgan fingerprint density at radius 2 is 1.29 bits per heavy atom. The van der Waals surface area contributed by atoms with Crippen LogP contribution in [0.4, 0.5) is 0 Å². The molecule has 9 N–H and O–H groups in total. The first kappa shape index (κ1) is 42.2. The van der Waals surface area contributed by atoms with Crippen LogP contribution < -0.4 is 26.6 Å². The molecule has 1 fully saturated rings. The number of imidazole rings is 2. The van der Waals surface area contributed by atoms with Gasteiger partial charge < -0.3 is 51.7 Å². The van der Waals surface area contributed by atoms with Gasteiger partial charge in [-0.25, -0.2) is 14.8 Å². The Morgan fingerprint density at radius 3 is 1.80 bits per heavy atom. The number of nitrogens with one attached hydrogen (secondary N) is 7. The molecule has 0 saturated carbocycles. The lowest BCUT2D eigenvalue weighted by Crippen LogP contribution is -2.60. The van der Waals surface area contributed by atoms with E-state index in [2.05, 4.69) is 71.8 Å². The number of amides is 6. The van der Waals surface area contributed by atoms with Crippen LogP contribution in [0.1, 0.15) is 36.7 Å². The van der Waals surface area contributed by atoms with Gasteiger partial charge in [0.25, 0.3) is 0 Å². The molecular weight excluding hydrogens is 757 g/mol. The van der Waals surface area contributed by atoms with Crippen molar-refractivity contribution in [1.29, 1.82) is 0 Å². The summed E-state index contributed by atoms with van der Waals surface area (Å²) in [6.07, 6.45) is 6.28. The molecule has 1 saturated heterocycles. The molecule has 55 heavy (non-hydrogen) atoms. The average Bonchev–Trinajstić information content (AvgIpc) is 3.96. The maximum Gasteiger partial charge on any atom is 0.327 e. The number of thiol groups is 2. The zero-order valence-corrected chi connectivity index (χ0v) is 31.5. The number of rotatable bonds is 19. The maximum atomic E-state index is 14.3. The minimum atomic E-state index is -1.33. The van der Waals surface area contributed by atoms with E-state index in [1.54, 1.807) is 12.1 Å². The first-order chi connectivity index (χ1) is 26.3. The fourth-order valence-corrected chi connectivity index (χ4v) is 6.44. The quantitative estimate of drug-likeness (QED) is 0.0605. The van der Waals surface area contributed by atoms with Crippen LogP contribution in [0.5, 0.6) is 5.75 Å². The van der Waals surface area contributed by atoms with Crippen LogP contribution in [0, 0.1) is 0 Å². The highest BCUT2D eigenvalue weighted by Crippen LogP contribution is 2.21. The van der Waals surface area contributed by atoms with E-state index in [1.165, 1.54) is 49.0 Å². The van der Waals surface area contributed by atoms with Crippen molar-refractivity contribution in [2.45, 2.75) is 75.3 Å². The lowest BCUT2D eigenvalue weighted by molar-refractivity contribution is -0.143. The van der Waals surface area contributed by atoms with Gasteiger partial charge in [0.05, 0.1) is 12.7 Å². The van der Waals surface area contributed by atoms with Crippen LogP contribution in [0.3, 0.4) is 0 Å².